The summed E-state index contributed by atoms with van der Waals surface area (Å²) in [7, 11) is 0. The van der Waals surface area contributed by atoms with E-state index in [1.165, 1.54) is 0 Å². The Morgan fingerprint density at radius 3 is 2.21 bits per heavy atom. The van der Waals surface area contributed by atoms with Crippen molar-refractivity contribution >= 4 is 5.97 Å². The van der Waals surface area contributed by atoms with Crippen LogP contribution in [-0.4, -0.2) is 11.1 Å². The third kappa shape index (κ3) is 5.54. The minimum atomic E-state index is -0.328. The van der Waals surface area contributed by atoms with Crippen molar-refractivity contribution in [2.24, 2.45) is 11.3 Å². The summed E-state index contributed by atoms with van der Waals surface area (Å²) in [4.78, 5) is 11.7. The molecule has 1 atom stereocenters. The molecule has 0 saturated carbocycles. The Bertz CT molecular complexity index is 574. The predicted octanol–water partition coefficient (Wildman–Crippen LogP) is 5.62. The van der Waals surface area contributed by atoms with Gasteiger partial charge in [0.15, 0.2) is 11.5 Å². The molecule has 0 saturated heterocycles. The van der Waals surface area contributed by atoms with Crippen molar-refractivity contribution < 1.29 is 14.6 Å². The maximum absolute atomic E-state index is 11.7. The number of benzene rings is 1. The van der Waals surface area contributed by atoms with Gasteiger partial charge in [-0.15, -0.1) is 0 Å². The molecular formula is C21H34O3. The summed E-state index contributed by atoms with van der Waals surface area (Å²) < 4.78 is 5.36. The van der Waals surface area contributed by atoms with Crippen LogP contribution in [0.15, 0.2) is 12.1 Å². The second-order valence-electron chi connectivity index (χ2n) is 8.87. The molecule has 1 unspecified atom stereocenters. The summed E-state index contributed by atoms with van der Waals surface area (Å²) in [6, 6.07) is 3.84. The molecule has 0 heterocycles. The molecule has 24 heavy (non-hydrogen) atoms. The normalized spacial score (nSPS) is 13.7. The average molecular weight is 335 g/mol. The Balaban J connectivity index is 3.18. The lowest BCUT2D eigenvalue weighted by Crippen LogP contribution is -2.18. The molecule has 0 aromatic heterocycles. The first-order valence-corrected chi connectivity index (χ1v) is 8.93. The second kappa shape index (κ2) is 7.58. The van der Waals surface area contributed by atoms with Crippen LogP contribution in [0.3, 0.4) is 0 Å². The van der Waals surface area contributed by atoms with Gasteiger partial charge in [0.2, 0.25) is 0 Å². The number of phenols is 1. The molecular weight excluding hydrogens is 300 g/mol. The third-order valence-corrected chi connectivity index (χ3v) is 4.86. The number of esters is 1. The Morgan fingerprint density at radius 2 is 1.75 bits per heavy atom. The van der Waals surface area contributed by atoms with E-state index in [1.807, 2.05) is 6.07 Å². The zero-order valence-corrected chi connectivity index (χ0v) is 16.6. The summed E-state index contributed by atoms with van der Waals surface area (Å²) in [5.41, 5.74) is 2.08. The Labute approximate surface area is 147 Å². The summed E-state index contributed by atoms with van der Waals surface area (Å²) in [5.74, 6) is 0.584. The van der Waals surface area contributed by atoms with Crippen LogP contribution < -0.4 is 4.74 Å². The van der Waals surface area contributed by atoms with Crippen LogP contribution in [-0.2, 0) is 16.6 Å². The van der Waals surface area contributed by atoms with Gasteiger partial charge in [-0.3, -0.25) is 4.79 Å². The summed E-state index contributed by atoms with van der Waals surface area (Å²) >= 11 is 0. The zero-order valence-electron chi connectivity index (χ0n) is 16.6. The van der Waals surface area contributed by atoms with E-state index in [0.717, 1.165) is 24.0 Å². The number of aryl methyl sites for hydroxylation is 1. The molecule has 0 spiro atoms. The van der Waals surface area contributed by atoms with E-state index in [4.69, 9.17) is 4.74 Å². The van der Waals surface area contributed by atoms with Crippen molar-refractivity contribution in [3.8, 4) is 11.5 Å². The standard InChI is InChI=1S/C21H34O3/c1-9-18(22)24-17-13-16(21(6,7)8)12-15(19(17)23)11-10-14(2)20(3,4)5/h12-14,23H,9-11H2,1-8H3. The molecule has 0 aliphatic carbocycles. The van der Waals surface area contributed by atoms with Crippen LogP contribution >= 0.6 is 0 Å². The molecule has 3 heteroatoms. The summed E-state index contributed by atoms with van der Waals surface area (Å²) in [6.07, 6.45) is 2.03. The maximum atomic E-state index is 11.7. The highest BCUT2D eigenvalue weighted by Gasteiger charge is 2.23. The molecule has 1 N–H and O–H groups in total. The Hall–Kier alpha value is -1.51. The quantitative estimate of drug-likeness (QED) is 0.561. The monoisotopic (exact) mass is 334 g/mol. The van der Waals surface area contributed by atoms with Gasteiger partial charge in [0.1, 0.15) is 0 Å². The zero-order chi connectivity index (χ0) is 18.7. The van der Waals surface area contributed by atoms with Crippen LogP contribution in [0.25, 0.3) is 0 Å². The van der Waals surface area contributed by atoms with Crippen LogP contribution in [0, 0.1) is 11.3 Å². The first kappa shape index (κ1) is 20.5. The maximum Gasteiger partial charge on any atom is 0.311 e. The lowest BCUT2D eigenvalue weighted by molar-refractivity contribution is -0.134. The molecule has 0 bridgehead atoms. The fourth-order valence-corrected chi connectivity index (χ4v) is 2.37. The summed E-state index contributed by atoms with van der Waals surface area (Å²) in [6.45, 7) is 17.0. The van der Waals surface area contributed by atoms with Crippen molar-refractivity contribution in [3.63, 3.8) is 0 Å². The fraction of sp³-hybridized carbons (Fsp3) is 0.667. The van der Waals surface area contributed by atoms with E-state index in [2.05, 4.69) is 48.5 Å². The van der Waals surface area contributed by atoms with Crippen LogP contribution in [0.4, 0.5) is 0 Å². The van der Waals surface area contributed by atoms with E-state index < -0.39 is 0 Å². The number of hydrogen-bond acceptors (Lipinski definition) is 3. The molecule has 1 aromatic carbocycles. The van der Waals surface area contributed by atoms with Crippen molar-refractivity contribution in [2.45, 2.75) is 80.1 Å². The van der Waals surface area contributed by atoms with Gasteiger partial charge in [-0.05, 0) is 46.8 Å². The minimum Gasteiger partial charge on any atom is -0.504 e. The molecule has 1 rings (SSSR count). The molecule has 0 fully saturated rings. The van der Waals surface area contributed by atoms with E-state index in [1.54, 1.807) is 13.0 Å². The number of carbonyl (C=O) groups excluding carboxylic acids is 1. The highest BCUT2D eigenvalue weighted by molar-refractivity contribution is 5.73. The van der Waals surface area contributed by atoms with E-state index in [0.29, 0.717) is 5.92 Å². The lowest BCUT2D eigenvalue weighted by atomic mass is 9.78. The SMILES string of the molecule is CCC(=O)Oc1cc(C(C)(C)C)cc(CCC(C)C(C)(C)C)c1O. The topological polar surface area (TPSA) is 46.5 Å². The predicted molar refractivity (Wildman–Crippen MR) is 99.7 cm³/mol. The van der Waals surface area contributed by atoms with E-state index in [9.17, 15) is 9.90 Å². The average Bonchev–Trinajstić information content (AvgIpc) is 2.45. The minimum absolute atomic E-state index is 0.0779. The third-order valence-electron chi connectivity index (χ3n) is 4.86. The number of hydrogen-bond donors (Lipinski definition) is 1. The molecule has 0 aliphatic heterocycles. The van der Waals surface area contributed by atoms with Gasteiger partial charge < -0.3 is 9.84 Å². The van der Waals surface area contributed by atoms with E-state index >= 15 is 0 Å². The molecule has 1 aromatic rings. The molecule has 3 nitrogen and oxygen atoms in total. The van der Waals surface area contributed by atoms with Crippen molar-refractivity contribution in [2.75, 3.05) is 0 Å². The van der Waals surface area contributed by atoms with Crippen LogP contribution in [0.2, 0.25) is 0 Å². The largest absolute Gasteiger partial charge is 0.504 e. The van der Waals surface area contributed by atoms with Gasteiger partial charge in [-0.1, -0.05) is 61.5 Å². The second-order valence-corrected chi connectivity index (χ2v) is 8.87. The highest BCUT2D eigenvalue weighted by Crippen LogP contribution is 2.38. The van der Waals surface area contributed by atoms with Crippen molar-refractivity contribution in [1.82, 2.24) is 0 Å². The summed E-state index contributed by atoms with van der Waals surface area (Å²) in [5, 5.41) is 10.6. The van der Waals surface area contributed by atoms with E-state index in [-0.39, 0.29) is 34.7 Å². The smallest absolute Gasteiger partial charge is 0.311 e. The Kier molecular flexibility index (Phi) is 6.49. The van der Waals surface area contributed by atoms with Gasteiger partial charge >= 0.3 is 5.97 Å². The molecule has 136 valence electrons. The number of phenolic OH excluding ortho intramolecular Hbond substituents is 1. The van der Waals surface area contributed by atoms with Gasteiger partial charge in [0.25, 0.3) is 0 Å². The lowest BCUT2D eigenvalue weighted by Gasteiger charge is -2.28. The van der Waals surface area contributed by atoms with Gasteiger partial charge in [-0.25, -0.2) is 0 Å². The molecule has 0 radical (unpaired) electrons. The van der Waals surface area contributed by atoms with Crippen LogP contribution in [0.1, 0.15) is 79.4 Å². The number of rotatable bonds is 5. The Morgan fingerprint density at radius 1 is 1.17 bits per heavy atom. The van der Waals surface area contributed by atoms with Gasteiger partial charge in [-0.2, -0.15) is 0 Å². The number of aromatic hydroxyl groups is 1. The molecule has 0 aliphatic rings. The first-order chi connectivity index (χ1) is 10.9. The van der Waals surface area contributed by atoms with Crippen molar-refractivity contribution in [1.29, 1.82) is 0 Å². The van der Waals surface area contributed by atoms with Gasteiger partial charge in [0, 0.05) is 6.42 Å². The number of ether oxygens (including phenoxy) is 1. The van der Waals surface area contributed by atoms with Crippen LogP contribution in [0.5, 0.6) is 11.5 Å². The molecule has 0 amide bonds. The number of carbonyl (C=O) groups is 1. The highest BCUT2D eigenvalue weighted by atomic mass is 16.5. The first-order valence-electron chi connectivity index (χ1n) is 8.93. The fourth-order valence-electron chi connectivity index (χ4n) is 2.37. The van der Waals surface area contributed by atoms with Crippen molar-refractivity contribution in [3.05, 3.63) is 23.3 Å². The van der Waals surface area contributed by atoms with Gasteiger partial charge in [0.05, 0.1) is 0 Å².